The molecule has 2 amide bonds. The second-order valence-electron chi connectivity index (χ2n) is 17.9. The number of aromatic nitrogens is 2. The maximum Gasteiger partial charge on any atom is 0.359 e. The molecule has 0 aliphatic carbocycles. The van der Waals surface area contributed by atoms with Gasteiger partial charge >= 0.3 is 11.9 Å². The van der Waals surface area contributed by atoms with Crippen molar-refractivity contribution in [2.45, 2.75) is 35.7 Å². The lowest BCUT2D eigenvalue weighted by Crippen LogP contribution is -2.71. The largest absolute Gasteiger partial charge is 0.477 e. The topological polar surface area (TPSA) is 177 Å². The number of pyridine rings is 1. The van der Waals surface area contributed by atoms with Gasteiger partial charge in [-0.15, -0.1) is 23.1 Å². The van der Waals surface area contributed by atoms with Crippen LogP contribution in [0.2, 0.25) is 0 Å². The number of oxime groups is 1. The van der Waals surface area contributed by atoms with E-state index in [0.717, 1.165) is 27.6 Å². The van der Waals surface area contributed by atoms with Crippen molar-refractivity contribution in [3.8, 4) is 0 Å². The van der Waals surface area contributed by atoms with Crippen molar-refractivity contribution in [3.63, 3.8) is 0 Å². The van der Waals surface area contributed by atoms with E-state index in [-0.39, 0.29) is 35.2 Å². The number of hydrogen-bond donors (Lipinski definition) is 3. The number of thiazole rings is 1. The van der Waals surface area contributed by atoms with E-state index in [1.54, 1.807) is 11.4 Å². The van der Waals surface area contributed by atoms with Crippen molar-refractivity contribution >= 4 is 68.6 Å². The lowest BCUT2D eigenvalue weighted by atomic mass is 9.77. The quantitative estimate of drug-likeness (QED) is 0.0186. The Hall–Kier alpha value is -9.12. The summed E-state index contributed by atoms with van der Waals surface area (Å²) >= 11 is 2.55. The number of esters is 1. The molecule has 1 saturated heterocycles. The van der Waals surface area contributed by atoms with E-state index in [9.17, 15) is 24.3 Å². The molecule has 76 heavy (non-hydrogen) atoms. The van der Waals surface area contributed by atoms with Gasteiger partial charge in [0.05, 0.1) is 6.26 Å². The van der Waals surface area contributed by atoms with Crippen molar-refractivity contribution in [1.29, 1.82) is 0 Å². The van der Waals surface area contributed by atoms with Gasteiger partial charge in [0.25, 0.3) is 17.9 Å². The fraction of sp³-hybridized carbons (Fsp3) is 0.117. The number of carboxylic acids is 1. The number of β-lactam (4-membered cyclic amide) rings is 1. The molecule has 376 valence electrons. The van der Waals surface area contributed by atoms with E-state index in [1.807, 2.05) is 199 Å². The molecule has 2 aliphatic heterocycles. The molecule has 3 aromatic heterocycles. The lowest BCUT2D eigenvalue weighted by Gasteiger charge is -2.49. The Morgan fingerprint density at radius 2 is 1.34 bits per heavy atom. The van der Waals surface area contributed by atoms with Gasteiger partial charge in [-0.1, -0.05) is 169 Å². The third-order valence-corrected chi connectivity index (χ3v) is 15.4. The monoisotopic (exact) mass is 1040 g/mol. The molecule has 3 atom stereocenters. The number of ether oxygens (including phenoxy) is 1. The second kappa shape index (κ2) is 21.8. The van der Waals surface area contributed by atoms with Gasteiger partial charge in [-0.3, -0.25) is 14.5 Å². The van der Waals surface area contributed by atoms with Crippen molar-refractivity contribution in [2.75, 3.05) is 11.1 Å². The number of hydrogen-bond acceptors (Lipinski definition) is 12. The highest BCUT2D eigenvalue weighted by molar-refractivity contribution is 8.00. The van der Waals surface area contributed by atoms with Crippen molar-refractivity contribution in [3.05, 3.63) is 269 Å². The zero-order valence-corrected chi connectivity index (χ0v) is 42.1. The molecule has 0 radical (unpaired) electrons. The van der Waals surface area contributed by atoms with Crippen LogP contribution in [-0.2, 0) is 40.8 Å². The number of thioether (sulfide) groups is 1. The van der Waals surface area contributed by atoms with Crippen LogP contribution < -0.4 is 15.2 Å². The normalized spacial score (nSPS) is 15.9. The van der Waals surface area contributed by atoms with Crippen LogP contribution in [0.5, 0.6) is 0 Å². The average Bonchev–Trinajstić information content (AvgIpc) is 4.26. The summed E-state index contributed by atoms with van der Waals surface area (Å²) in [6.45, 7) is 0.231. The fourth-order valence-electron chi connectivity index (χ4n) is 9.68. The average molecular weight is 1040 g/mol. The predicted molar refractivity (Wildman–Crippen MR) is 289 cm³/mol. The second-order valence-corrected chi connectivity index (χ2v) is 19.9. The number of amides is 2. The van der Waals surface area contributed by atoms with E-state index < -0.39 is 52.9 Å². The molecule has 11 rings (SSSR count). The number of benzene rings is 6. The zero-order valence-electron chi connectivity index (χ0n) is 40.4. The van der Waals surface area contributed by atoms with E-state index in [4.69, 9.17) is 19.0 Å². The Kier molecular flexibility index (Phi) is 14.1. The first-order valence-corrected chi connectivity index (χ1v) is 26.3. The van der Waals surface area contributed by atoms with Gasteiger partial charge in [-0.2, -0.15) is 4.57 Å². The van der Waals surface area contributed by atoms with Gasteiger partial charge < -0.3 is 29.7 Å². The third-order valence-electron chi connectivity index (χ3n) is 13.3. The molecule has 1 fully saturated rings. The Balaban J connectivity index is 0.945. The summed E-state index contributed by atoms with van der Waals surface area (Å²) in [5.41, 5.74) is 4.13. The SMILES string of the molecule is O=C(O)C1=C(C[n+]2cccc3ccccc32)CS[C@@H]2[C@H](NC(=O)/C(=N\O[C@H](C(=O)OC(c3ccccc3)c3ccccc3)c3ccco3)c3csc(NC(c4ccccc4)(c4ccccc4)c4ccccc4)n3)C(=O)N12. The first-order valence-electron chi connectivity index (χ1n) is 24.3. The molecule has 0 unspecified atom stereocenters. The van der Waals surface area contributed by atoms with Crippen LogP contribution in [0.15, 0.2) is 239 Å². The van der Waals surface area contributed by atoms with Crippen molar-refractivity contribution in [2.24, 2.45) is 5.16 Å². The van der Waals surface area contributed by atoms with Crippen LogP contribution in [-0.4, -0.2) is 61.6 Å². The highest BCUT2D eigenvalue weighted by Crippen LogP contribution is 2.42. The Labute approximate surface area is 445 Å². The van der Waals surface area contributed by atoms with Gasteiger partial charge in [-0.05, 0) is 52.1 Å². The van der Waals surface area contributed by atoms with E-state index in [2.05, 4.69) is 15.8 Å². The number of para-hydroxylation sites is 1. The first-order chi connectivity index (χ1) is 37.3. The summed E-state index contributed by atoms with van der Waals surface area (Å²) in [7, 11) is 0. The molecule has 2 aliphatic rings. The van der Waals surface area contributed by atoms with Crippen LogP contribution in [0.4, 0.5) is 5.13 Å². The standard InChI is InChI=1S/C60H46N6O8S2/c67-54(62-50-55(68)66-51(57(69)70)42(37-75-56(50)66)36-65-34-18-25-39-20-16-17-32-47(39)65)49(64-74-53(48-33-19-35-72-48)58(71)73-52(40-21-6-1-7-22-40)41-23-8-2-9-24-41)46-38-76-59(61-46)63-60(43-26-10-3-11-27-43,44-28-12-4-13-29-44)45-30-14-5-15-31-45/h1-35,38,50,52-53,56H,36-37H2,(H2-,61,62,63,67,69,70)/p+1/b64-49-/t50-,53+,56-/m1/s1. The Bertz CT molecular complexity index is 3460. The van der Waals surface area contributed by atoms with Gasteiger partial charge in [0.1, 0.15) is 28.3 Å². The molecule has 16 heteroatoms. The summed E-state index contributed by atoms with van der Waals surface area (Å²) in [5.74, 6) is -3.30. The van der Waals surface area contributed by atoms with Crippen LogP contribution in [0.25, 0.3) is 10.9 Å². The Morgan fingerprint density at radius 1 is 0.763 bits per heavy atom. The fourth-order valence-corrected chi connectivity index (χ4v) is 11.8. The molecule has 14 nitrogen and oxygen atoms in total. The molecule has 5 heterocycles. The maximum absolute atomic E-state index is 15.0. The number of carboxylic acid groups (broad SMARTS) is 1. The number of nitrogens with zero attached hydrogens (tertiary/aromatic N) is 4. The van der Waals surface area contributed by atoms with Gasteiger partial charge in [0, 0.05) is 34.2 Å². The minimum absolute atomic E-state index is 0.0428. The number of aliphatic carboxylic acids is 1. The number of carbonyl (C=O) groups is 4. The number of furan rings is 1. The van der Waals surface area contributed by atoms with Crippen molar-refractivity contribution in [1.82, 2.24) is 15.2 Å². The van der Waals surface area contributed by atoms with Gasteiger partial charge in [0.2, 0.25) is 5.52 Å². The third kappa shape index (κ3) is 9.74. The van der Waals surface area contributed by atoms with E-state index >= 15 is 0 Å². The molecule has 0 saturated carbocycles. The van der Waals surface area contributed by atoms with Crippen LogP contribution in [0.1, 0.15) is 51.5 Å². The zero-order chi connectivity index (χ0) is 52.0. The van der Waals surface area contributed by atoms with Gasteiger partial charge in [-0.25, -0.2) is 14.6 Å². The van der Waals surface area contributed by atoms with E-state index in [1.165, 1.54) is 40.3 Å². The molecule has 9 aromatic rings. The lowest BCUT2D eigenvalue weighted by molar-refractivity contribution is -0.663. The van der Waals surface area contributed by atoms with Crippen LogP contribution >= 0.6 is 23.1 Å². The number of fused-ring (bicyclic) bond motifs is 2. The minimum Gasteiger partial charge on any atom is -0.477 e. The molecule has 0 bridgehead atoms. The minimum atomic E-state index is -1.62. The smallest absolute Gasteiger partial charge is 0.359 e. The Morgan fingerprint density at radius 3 is 1.93 bits per heavy atom. The summed E-state index contributed by atoms with van der Waals surface area (Å²) in [5, 5.41) is 23.8. The number of carbonyl (C=O) groups excluding carboxylic acids is 3. The molecule has 6 aromatic carbocycles. The van der Waals surface area contributed by atoms with Gasteiger partial charge in [0.15, 0.2) is 35.4 Å². The summed E-state index contributed by atoms with van der Waals surface area (Å²) in [4.78, 5) is 69.1. The highest BCUT2D eigenvalue weighted by Gasteiger charge is 2.55. The number of nitrogens with one attached hydrogen (secondary N) is 2. The molecular weight excluding hydrogens is 997 g/mol. The van der Waals surface area contributed by atoms with E-state index in [0.29, 0.717) is 21.8 Å². The highest BCUT2D eigenvalue weighted by atomic mass is 32.2. The van der Waals surface area contributed by atoms with Crippen LogP contribution in [0, 0.1) is 0 Å². The molecule has 3 N–H and O–H groups in total. The number of anilines is 1. The molecular formula is C60H47N6O8S2+. The predicted octanol–water partition coefficient (Wildman–Crippen LogP) is 9.81. The molecule has 0 spiro atoms. The summed E-state index contributed by atoms with van der Waals surface area (Å²) in [6.07, 6.45) is 0.772. The maximum atomic E-state index is 15.0. The van der Waals surface area contributed by atoms with Crippen LogP contribution in [0.3, 0.4) is 0 Å². The summed E-state index contributed by atoms with van der Waals surface area (Å²) < 4.78 is 13.9. The number of rotatable bonds is 18. The summed E-state index contributed by atoms with van der Waals surface area (Å²) in [6, 6.07) is 61.9. The first kappa shape index (κ1) is 49.1. The van der Waals surface area contributed by atoms with Crippen molar-refractivity contribution < 1.29 is 42.8 Å².